The number of fused-ring (bicyclic) bond motifs is 2. The van der Waals surface area contributed by atoms with Crippen LogP contribution in [-0.2, 0) is 26.6 Å². The summed E-state index contributed by atoms with van der Waals surface area (Å²) in [7, 11) is 2.08. The molecule has 5 nitrogen and oxygen atoms in total. The third-order valence-corrected chi connectivity index (χ3v) is 6.34. The predicted octanol–water partition coefficient (Wildman–Crippen LogP) is 4.92. The highest BCUT2D eigenvalue weighted by molar-refractivity contribution is 5.75. The highest BCUT2D eigenvalue weighted by Gasteiger charge is 2.29. The number of hydrogen-bond donors (Lipinski definition) is 0. The molecule has 2 heterocycles. The molecule has 0 bridgehead atoms. The van der Waals surface area contributed by atoms with Crippen LogP contribution in [0.2, 0.25) is 0 Å². The van der Waals surface area contributed by atoms with Crippen molar-refractivity contribution in [1.29, 1.82) is 5.26 Å². The van der Waals surface area contributed by atoms with Crippen LogP contribution >= 0.6 is 0 Å². The summed E-state index contributed by atoms with van der Waals surface area (Å²) >= 11 is 0. The SMILES string of the molecule is Cn1c(CN(Cc2ccccc2C#N)C2CCCc3cccnc32)nc2ccccc21. The second-order valence-electron chi connectivity index (χ2n) is 8.21. The van der Waals surface area contributed by atoms with E-state index in [0.29, 0.717) is 13.1 Å². The highest BCUT2D eigenvalue weighted by Crippen LogP contribution is 2.35. The molecule has 0 aliphatic heterocycles. The minimum Gasteiger partial charge on any atom is -0.330 e. The lowest BCUT2D eigenvalue weighted by Crippen LogP contribution is -2.32. The summed E-state index contributed by atoms with van der Waals surface area (Å²) in [5.74, 6) is 1.03. The Morgan fingerprint density at radius 1 is 1.06 bits per heavy atom. The molecule has 0 saturated carbocycles. The molecule has 0 spiro atoms. The zero-order valence-electron chi connectivity index (χ0n) is 17.7. The van der Waals surface area contributed by atoms with Gasteiger partial charge in [0.2, 0.25) is 0 Å². The molecule has 5 heteroatoms. The fraction of sp³-hybridized carbons (Fsp3) is 0.269. The van der Waals surface area contributed by atoms with Gasteiger partial charge in [0.25, 0.3) is 0 Å². The fourth-order valence-electron chi connectivity index (χ4n) is 4.72. The molecular weight excluding hydrogens is 382 g/mol. The lowest BCUT2D eigenvalue weighted by molar-refractivity contribution is 0.151. The quantitative estimate of drug-likeness (QED) is 0.471. The number of aromatic nitrogens is 3. The Bertz CT molecular complexity index is 1270. The van der Waals surface area contributed by atoms with E-state index in [1.807, 2.05) is 36.5 Å². The molecule has 1 aliphatic carbocycles. The fourth-order valence-corrected chi connectivity index (χ4v) is 4.72. The number of nitrogens with zero attached hydrogens (tertiary/aromatic N) is 5. The van der Waals surface area contributed by atoms with Gasteiger partial charge in [-0.05, 0) is 54.7 Å². The van der Waals surface area contributed by atoms with Crippen molar-refractivity contribution >= 4 is 11.0 Å². The van der Waals surface area contributed by atoms with Gasteiger partial charge in [-0.25, -0.2) is 4.98 Å². The Morgan fingerprint density at radius 3 is 2.77 bits per heavy atom. The Kier molecular flexibility index (Phi) is 5.23. The van der Waals surface area contributed by atoms with Gasteiger partial charge in [-0.2, -0.15) is 5.26 Å². The lowest BCUT2D eigenvalue weighted by Gasteiger charge is -2.35. The molecule has 2 aromatic carbocycles. The highest BCUT2D eigenvalue weighted by atomic mass is 15.2. The van der Waals surface area contributed by atoms with Crippen LogP contribution in [0.4, 0.5) is 0 Å². The van der Waals surface area contributed by atoms with E-state index in [4.69, 9.17) is 9.97 Å². The molecule has 1 aliphatic rings. The maximum absolute atomic E-state index is 9.63. The van der Waals surface area contributed by atoms with Crippen LogP contribution < -0.4 is 0 Å². The van der Waals surface area contributed by atoms with Crippen molar-refractivity contribution in [1.82, 2.24) is 19.4 Å². The molecule has 5 rings (SSSR count). The van der Waals surface area contributed by atoms with E-state index in [1.165, 1.54) is 11.3 Å². The van der Waals surface area contributed by atoms with Crippen molar-refractivity contribution in [2.45, 2.75) is 38.4 Å². The van der Waals surface area contributed by atoms with Crippen molar-refractivity contribution in [3.05, 3.63) is 95.1 Å². The number of benzene rings is 2. The summed E-state index contributed by atoms with van der Waals surface area (Å²) in [5, 5.41) is 9.63. The number of imidazole rings is 1. The van der Waals surface area contributed by atoms with Gasteiger partial charge in [-0.3, -0.25) is 9.88 Å². The Morgan fingerprint density at radius 2 is 1.90 bits per heavy atom. The van der Waals surface area contributed by atoms with Gasteiger partial charge in [-0.15, -0.1) is 0 Å². The Balaban J connectivity index is 1.56. The summed E-state index contributed by atoms with van der Waals surface area (Å²) in [6.45, 7) is 1.39. The smallest absolute Gasteiger partial charge is 0.123 e. The second kappa shape index (κ2) is 8.33. The van der Waals surface area contributed by atoms with Crippen LogP contribution in [0.1, 0.15) is 47.1 Å². The third-order valence-electron chi connectivity index (χ3n) is 6.34. The molecule has 1 atom stereocenters. The van der Waals surface area contributed by atoms with Crippen LogP contribution in [-0.4, -0.2) is 19.4 Å². The van der Waals surface area contributed by atoms with E-state index in [9.17, 15) is 5.26 Å². The zero-order valence-corrected chi connectivity index (χ0v) is 17.7. The van der Waals surface area contributed by atoms with Crippen LogP contribution in [0.5, 0.6) is 0 Å². The van der Waals surface area contributed by atoms with E-state index in [0.717, 1.165) is 47.2 Å². The van der Waals surface area contributed by atoms with Gasteiger partial charge >= 0.3 is 0 Å². The Labute approximate surface area is 182 Å². The third kappa shape index (κ3) is 3.71. The molecule has 1 unspecified atom stereocenters. The van der Waals surface area contributed by atoms with Gasteiger partial charge in [0, 0.05) is 19.8 Å². The number of rotatable bonds is 5. The molecule has 31 heavy (non-hydrogen) atoms. The molecule has 0 saturated heterocycles. The number of hydrogen-bond acceptors (Lipinski definition) is 4. The topological polar surface area (TPSA) is 57.7 Å². The molecular formula is C26H25N5. The average molecular weight is 408 g/mol. The van der Waals surface area contributed by atoms with Gasteiger partial charge in [0.05, 0.1) is 40.9 Å². The maximum atomic E-state index is 9.63. The average Bonchev–Trinajstić information content (AvgIpc) is 3.14. The minimum absolute atomic E-state index is 0.205. The molecule has 2 aromatic heterocycles. The van der Waals surface area contributed by atoms with E-state index in [-0.39, 0.29) is 6.04 Å². The standard InChI is InChI=1S/C26H25N5/c1-30-23-13-5-4-12-22(23)29-25(30)18-31(17-21-9-3-2-8-20(21)16-27)24-14-6-10-19-11-7-15-28-26(19)24/h2-5,7-9,11-13,15,24H,6,10,14,17-18H2,1H3. The van der Waals surface area contributed by atoms with Crippen molar-refractivity contribution in [2.75, 3.05) is 0 Å². The summed E-state index contributed by atoms with van der Waals surface area (Å²) in [6.07, 6.45) is 5.17. The van der Waals surface area contributed by atoms with E-state index < -0.39 is 0 Å². The molecule has 0 N–H and O–H groups in total. The van der Waals surface area contributed by atoms with Crippen LogP contribution in [0.25, 0.3) is 11.0 Å². The van der Waals surface area contributed by atoms with Gasteiger partial charge in [0.1, 0.15) is 5.82 Å². The summed E-state index contributed by atoms with van der Waals surface area (Å²) in [5.41, 5.74) is 6.43. The largest absolute Gasteiger partial charge is 0.330 e. The van der Waals surface area contributed by atoms with Crippen molar-refractivity contribution in [3.8, 4) is 6.07 Å². The second-order valence-corrected chi connectivity index (χ2v) is 8.21. The molecule has 0 radical (unpaired) electrons. The summed E-state index contributed by atoms with van der Waals surface area (Å²) in [6, 6.07) is 22.9. The minimum atomic E-state index is 0.205. The van der Waals surface area contributed by atoms with Crippen LogP contribution in [0.15, 0.2) is 66.9 Å². The van der Waals surface area contributed by atoms with Crippen LogP contribution in [0, 0.1) is 11.3 Å². The van der Waals surface area contributed by atoms with E-state index in [1.54, 1.807) is 0 Å². The van der Waals surface area contributed by atoms with Gasteiger partial charge in [0.15, 0.2) is 0 Å². The Hall–Kier alpha value is -3.49. The first kappa shape index (κ1) is 19.5. The number of nitriles is 1. The van der Waals surface area contributed by atoms with Crippen LogP contribution in [0.3, 0.4) is 0 Å². The molecule has 0 amide bonds. The zero-order chi connectivity index (χ0) is 21.2. The van der Waals surface area contributed by atoms with E-state index in [2.05, 4.69) is 52.9 Å². The number of aryl methyl sites for hydroxylation is 2. The first-order valence-electron chi connectivity index (χ1n) is 10.8. The molecule has 4 aromatic rings. The summed E-state index contributed by atoms with van der Waals surface area (Å²) in [4.78, 5) is 12.1. The number of para-hydroxylation sites is 2. The van der Waals surface area contributed by atoms with Gasteiger partial charge in [-0.1, -0.05) is 36.4 Å². The first-order chi connectivity index (χ1) is 15.2. The molecule has 0 fully saturated rings. The monoisotopic (exact) mass is 407 g/mol. The van der Waals surface area contributed by atoms with Gasteiger partial charge < -0.3 is 4.57 Å². The van der Waals surface area contributed by atoms with Crippen molar-refractivity contribution in [2.24, 2.45) is 7.05 Å². The molecule has 154 valence electrons. The summed E-state index contributed by atoms with van der Waals surface area (Å²) < 4.78 is 2.18. The predicted molar refractivity (Wildman–Crippen MR) is 121 cm³/mol. The first-order valence-corrected chi connectivity index (χ1v) is 10.8. The lowest BCUT2D eigenvalue weighted by atomic mass is 9.90. The van der Waals surface area contributed by atoms with E-state index >= 15 is 0 Å². The van der Waals surface area contributed by atoms with Crippen molar-refractivity contribution < 1.29 is 0 Å². The normalized spacial score (nSPS) is 15.7. The van der Waals surface area contributed by atoms with Crippen molar-refractivity contribution in [3.63, 3.8) is 0 Å². The maximum Gasteiger partial charge on any atom is 0.123 e. The number of pyridine rings is 1.